The SMILES string of the molecule is CC(C)(C)[C@H](NC(=O)c1cc(F)c(F)c(F)c1F)C(=O)O. The molecule has 21 heavy (non-hydrogen) atoms. The van der Waals surface area contributed by atoms with E-state index < -0.39 is 52.2 Å². The molecule has 8 heteroatoms. The third-order valence-electron chi connectivity index (χ3n) is 2.74. The Kier molecular flexibility index (Phi) is 4.60. The predicted octanol–water partition coefficient (Wildman–Crippen LogP) is 2.47. The first-order chi connectivity index (χ1) is 9.46. The van der Waals surface area contributed by atoms with Crippen molar-refractivity contribution in [1.82, 2.24) is 5.32 Å². The van der Waals surface area contributed by atoms with Crippen molar-refractivity contribution in [3.63, 3.8) is 0 Å². The fraction of sp³-hybridized carbons (Fsp3) is 0.385. The van der Waals surface area contributed by atoms with Gasteiger partial charge in [-0.3, -0.25) is 4.79 Å². The lowest BCUT2D eigenvalue weighted by Crippen LogP contribution is -2.49. The average Bonchev–Trinajstić information content (AvgIpc) is 2.35. The first-order valence-electron chi connectivity index (χ1n) is 5.83. The number of carboxylic acid groups (broad SMARTS) is 1. The molecule has 0 radical (unpaired) electrons. The van der Waals surface area contributed by atoms with E-state index in [1.54, 1.807) is 0 Å². The van der Waals surface area contributed by atoms with Gasteiger partial charge in [0.2, 0.25) is 0 Å². The molecule has 0 saturated carbocycles. The number of hydrogen-bond donors (Lipinski definition) is 2. The Hall–Kier alpha value is -2.12. The van der Waals surface area contributed by atoms with Gasteiger partial charge < -0.3 is 10.4 Å². The molecule has 1 atom stereocenters. The molecule has 0 spiro atoms. The molecular formula is C13H13F4NO3. The number of rotatable bonds is 3. The molecular weight excluding hydrogens is 294 g/mol. The van der Waals surface area contributed by atoms with Gasteiger partial charge in [-0.1, -0.05) is 20.8 Å². The lowest BCUT2D eigenvalue weighted by molar-refractivity contribution is -0.142. The predicted molar refractivity (Wildman–Crippen MR) is 64.6 cm³/mol. The zero-order valence-corrected chi connectivity index (χ0v) is 11.4. The maximum Gasteiger partial charge on any atom is 0.326 e. The maximum absolute atomic E-state index is 13.5. The van der Waals surface area contributed by atoms with Gasteiger partial charge in [-0.05, 0) is 11.5 Å². The van der Waals surface area contributed by atoms with E-state index in [4.69, 9.17) is 5.11 Å². The zero-order chi connectivity index (χ0) is 16.5. The van der Waals surface area contributed by atoms with Crippen LogP contribution in [0.2, 0.25) is 0 Å². The van der Waals surface area contributed by atoms with E-state index >= 15 is 0 Å². The van der Waals surface area contributed by atoms with Gasteiger partial charge in [-0.2, -0.15) is 0 Å². The Balaban J connectivity index is 3.19. The summed E-state index contributed by atoms with van der Waals surface area (Å²) >= 11 is 0. The van der Waals surface area contributed by atoms with Gasteiger partial charge in [0.25, 0.3) is 5.91 Å². The number of carbonyl (C=O) groups is 2. The maximum atomic E-state index is 13.5. The van der Waals surface area contributed by atoms with E-state index in [1.165, 1.54) is 20.8 Å². The van der Waals surface area contributed by atoms with Crippen LogP contribution in [0.25, 0.3) is 0 Å². The van der Waals surface area contributed by atoms with Crippen molar-refractivity contribution in [2.45, 2.75) is 26.8 Å². The van der Waals surface area contributed by atoms with Crippen LogP contribution in [0, 0.1) is 28.7 Å². The molecule has 1 aromatic rings. The summed E-state index contributed by atoms with van der Waals surface area (Å²) in [6.45, 7) is 4.48. The van der Waals surface area contributed by atoms with E-state index in [1.807, 2.05) is 5.32 Å². The monoisotopic (exact) mass is 307 g/mol. The number of nitrogens with one attached hydrogen (secondary N) is 1. The summed E-state index contributed by atoms with van der Waals surface area (Å²) in [6, 6.07) is -1.26. The van der Waals surface area contributed by atoms with Gasteiger partial charge in [0, 0.05) is 0 Å². The summed E-state index contributed by atoms with van der Waals surface area (Å²) in [4.78, 5) is 22.8. The molecule has 0 saturated heterocycles. The summed E-state index contributed by atoms with van der Waals surface area (Å²) in [5.74, 6) is -10.6. The molecule has 0 unspecified atom stereocenters. The Labute approximate surface area is 117 Å². The lowest BCUT2D eigenvalue weighted by atomic mass is 9.86. The zero-order valence-electron chi connectivity index (χ0n) is 11.4. The minimum absolute atomic E-state index is 0.171. The number of halogens is 4. The normalized spacial score (nSPS) is 12.9. The van der Waals surface area contributed by atoms with Gasteiger partial charge in [0.15, 0.2) is 23.3 Å². The molecule has 1 aromatic carbocycles. The minimum atomic E-state index is -2.14. The third kappa shape index (κ3) is 3.50. The lowest BCUT2D eigenvalue weighted by Gasteiger charge is -2.27. The number of hydrogen-bond acceptors (Lipinski definition) is 2. The fourth-order valence-corrected chi connectivity index (χ4v) is 1.60. The van der Waals surface area contributed by atoms with Crippen molar-refractivity contribution in [3.8, 4) is 0 Å². The average molecular weight is 307 g/mol. The summed E-state index contributed by atoms with van der Waals surface area (Å²) in [5.41, 5.74) is -2.04. The van der Waals surface area contributed by atoms with E-state index in [-0.39, 0.29) is 6.07 Å². The Morgan fingerprint density at radius 1 is 1.10 bits per heavy atom. The first-order valence-corrected chi connectivity index (χ1v) is 5.83. The van der Waals surface area contributed by atoms with E-state index in [2.05, 4.69) is 0 Å². The van der Waals surface area contributed by atoms with Crippen molar-refractivity contribution in [2.75, 3.05) is 0 Å². The molecule has 0 aliphatic rings. The fourth-order valence-electron chi connectivity index (χ4n) is 1.60. The van der Waals surface area contributed by atoms with E-state index in [0.717, 1.165) is 0 Å². The van der Waals surface area contributed by atoms with Gasteiger partial charge in [-0.25, -0.2) is 22.4 Å². The highest BCUT2D eigenvalue weighted by molar-refractivity contribution is 5.97. The summed E-state index contributed by atoms with van der Waals surface area (Å²) < 4.78 is 52.3. The van der Waals surface area contributed by atoms with Crippen LogP contribution in [0.4, 0.5) is 17.6 Å². The molecule has 1 amide bonds. The largest absolute Gasteiger partial charge is 0.480 e. The molecule has 0 fully saturated rings. The highest BCUT2D eigenvalue weighted by Crippen LogP contribution is 2.22. The standard InChI is InChI=1S/C13H13F4NO3/c1-13(2,3)10(12(20)21)18-11(19)5-4-6(14)8(16)9(17)7(5)15/h4,10H,1-3H3,(H,18,19)(H,20,21)/t10-/m1/s1. The summed E-state index contributed by atoms with van der Waals surface area (Å²) in [5, 5.41) is 11.0. The molecule has 2 N–H and O–H groups in total. The topological polar surface area (TPSA) is 66.4 Å². The molecule has 4 nitrogen and oxygen atoms in total. The van der Waals surface area contributed by atoms with Crippen LogP contribution in [0.3, 0.4) is 0 Å². The Morgan fingerprint density at radius 2 is 1.62 bits per heavy atom. The second-order valence-corrected chi connectivity index (χ2v) is 5.46. The molecule has 1 rings (SSSR count). The van der Waals surface area contributed by atoms with Gasteiger partial charge in [-0.15, -0.1) is 0 Å². The third-order valence-corrected chi connectivity index (χ3v) is 2.74. The highest BCUT2D eigenvalue weighted by atomic mass is 19.2. The van der Waals surface area contributed by atoms with Crippen LogP contribution in [0.15, 0.2) is 6.07 Å². The molecule has 0 aromatic heterocycles. The number of carboxylic acids is 1. The Bertz CT molecular complexity index is 596. The van der Waals surface area contributed by atoms with E-state index in [9.17, 15) is 27.2 Å². The molecule has 0 aliphatic heterocycles. The quantitative estimate of drug-likeness (QED) is 0.512. The number of carbonyl (C=O) groups excluding carboxylic acids is 1. The summed E-state index contributed by atoms with van der Waals surface area (Å²) in [7, 11) is 0. The van der Waals surface area contributed by atoms with Gasteiger partial charge >= 0.3 is 5.97 Å². The van der Waals surface area contributed by atoms with Crippen LogP contribution in [0.5, 0.6) is 0 Å². The molecule has 0 bridgehead atoms. The molecule has 0 heterocycles. The minimum Gasteiger partial charge on any atom is -0.480 e. The second kappa shape index (κ2) is 5.71. The van der Waals surface area contributed by atoms with Crippen molar-refractivity contribution < 1.29 is 32.3 Å². The summed E-state index contributed by atoms with van der Waals surface area (Å²) in [6.07, 6.45) is 0. The number of benzene rings is 1. The first kappa shape index (κ1) is 16.9. The Morgan fingerprint density at radius 3 is 2.05 bits per heavy atom. The van der Waals surface area contributed by atoms with Gasteiger partial charge in [0.05, 0.1) is 5.56 Å². The van der Waals surface area contributed by atoms with Crippen molar-refractivity contribution in [1.29, 1.82) is 0 Å². The van der Waals surface area contributed by atoms with Crippen LogP contribution in [-0.4, -0.2) is 23.0 Å². The van der Waals surface area contributed by atoms with Crippen LogP contribution < -0.4 is 5.32 Å². The van der Waals surface area contributed by atoms with Crippen LogP contribution >= 0.6 is 0 Å². The smallest absolute Gasteiger partial charge is 0.326 e. The van der Waals surface area contributed by atoms with Crippen LogP contribution in [-0.2, 0) is 4.79 Å². The van der Waals surface area contributed by atoms with Crippen molar-refractivity contribution >= 4 is 11.9 Å². The second-order valence-electron chi connectivity index (χ2n) is 5.46. The molecule has 116 valence electrons. The van der Waals surface area contributed by atoms with Crippen LogP contribution in [0.1, 0.15) is 31.1 Å². The molecule has 0 aliphatic carbocycles. The van der Waals surface area contributed by atoms with Crippen molar-refractivity contribution in [2.24, 2.45) is 5.41 Å². The number of amides is 1. The van der Waals surface area contributed by atoms with E-state index in [0.29, 0.717) is 0 Å². The van der Waals surface area contributed by atoms with Crippen molar-refractivity contribution in [3.05, 3.63) is 34.9 Å². The van der Waals surface area contributed by atoms with Gasteiger partial charge in [0.1, 0.15) is 6.04 Å². The number of aliphatic carboxylic acids is 1. The highest BCUT2D eigenvalue weighted by Gasteiger charge is 2.34.